The molecule has 10 nitrogen and oxygen atoms in total. The second-order valence-corrected chi connectivity index (χ2v) is 11.2. The predicted molar refractivity (Wildman–Crippen MR) is 129 cm³/mol. The van der Waals surface area contributed by atoms with Gasteiger partial charge in [-0.15, -0.1) is 0 Å². The smallest absolute Gasteiger partial charge is 0.280 e. The highest BCUT2D eigenvalue weighted by Crippen LogP contribution is 2.33. The zero-order valence-electron chi connectivity index (χ0n) is 18.4. The van der Waals surface area contributed by atoms with E-state index >= 15 is 0 Å². The highest BCUT2D eigenvalue weighted by Gasteiger charge is 2.36. The summed E-state index contributed by atoms with van der Waals surface area (Å²) in [6, 6.07) is 9.77. The largest absolute Gasteiger partial charge is 0.389 e. The number of amides is 1. The third-order valence-electron chi connectivity index (χ3n) is 5.55. The van der Waals surface area contributed by atoms with Gasteiger partial charge in [-0.1, -0.05) is 28.6 Å². The van der Waals surface area contributed by atoms with Crippen LogP contribution in [0.3, 0.4) is 0 Å². The Kier molecular flexibility index (Phi) is 6.19. The molecule has 2 aliphatic rings. The zero-order valence-corrected chi connectivity index (χ0v) is 20.0. The number of oxime groups is 1. The Morgan fingerprint density at radius 1 is 1.15 bits per heavy atom. The molecule has 34 heavy (non-hydrogen) atoms. The molecule has 0 radical (unpaired) electrons. The van der Waals surface area contributed by atoms with Crippen LogP contribution >= 0.6 is 11.3 Å². The second kappa shape index (κ2) is 9.28. The van der Waals surface area contributed by atoms with Crippen molar-refractivity contribution >= 4 is 54.1 Å². The Morgan fingerprint density at radius 2 is 1.94 bits per heavy atom. The minimum absolute atomic E-state index is 0.0189. The van der Waals surface area contributed by atoms with Crippen LogP contribution in [0.25, 0.3) is 10.3 Å². The number of nitrogens with one attached hydrogen (secondary N) is 2. The lowest BCUT2D eigenvalue weighted by Gasteiger charge is -2.10. The summed E-state index contributed by atoms with van der Waals surface area (Å²) in [6.07, 6.45) is 1.80. The van der Waals surface area contributed by atoms with Crippen LogP contribution in [0.5, 0.6) is 0 Å². The first kappa shape index (κ1) is 22.7. The van der Waals surface area contributed by atoms with Crippen LogP contribution in [-0.4, -0.2) is 61.6 Å². The number of ether oxygens (including phenoxy) is 1. The molecule has 0 bridgehead atoms. The van der Waals surface area contributed by atoms with E-state index in [1.165, 1.54) is 23.5 Å². The van der Waals surface area contributed by atoms with Gasteiger partial charge in [0.15, 0.2) is 26.8 Å². The van der Waals surface area contributed by atoms with E-state index in [-0.39, 0.29) is 22.0 Å². The number of pyridine rings is 1. The van der Waals surface area contributed by atoms with Crippen molar-refractivity contribution in [1.29, 1.82) is 0 Å². The second-order valence-electron chi connectivity index (χ2n) is 8.04. The molecule has 1 saturated carbocycles. The van der Waals surface area contributed by atoms with Crippen molar-refractivity contribution in [2.45, 2.75) is 35.5 Å². The molecule has 0 unspecified atom stereocenters. The molecule has 2 aromatic heterocycles. The summed E-state index contributed by atoms with van der Waals surface area (Å²) in [6.45, 7) is 0.969. The number of hydrogen-bond donors (Lipinski definition) is 2. The van der Waals surface area contributed by atoms with E-state index in [0.717, 1.165) is 0 Å². The molecule has 1 amide bonds. The molecule has 2 fully saturated rings. The first-order chi connectivity index (χ1) is 16.4. The van der Waals surface area contributed by atoms with Gasteiger partial charge in [-0.3, -0.25) is 10.1 Å². The number of thiazole rings is 1. The number of carbonyl (C=O) groups excluding carboxylic acids is 1. The van der Waals surface area contributed by atoms with Crippen LogP contribution in [0.1, 0.15) is 24.8 Å². The van der Waals surface area contributed by atoms with Crippen molar-refractivity contribution in [1.82, 2.24) is 9.97 Å². The van der Waals surface area contributed by atoms with Crippen molar-refractivity contribution in [2.24, 2.45) is 5.16 Å². The fourth-order valence-corrected chi connectivity index (χ4v) is 5.98. The topological polar surface area (TPSA) is 132 Å². The number of benzene rings is 1. The van der Waals surface area contributed by atoms with E-state index in [9.17, 15) is 13.2 Å². The van der Waals surface area contributed by atoms with Crippen LogP contribution in [-0.2, 0) is 24.2 Å². The predicted octanol–water partition coefficient (Wildman–Crippen LogP) is 2.82. The third kappa shape index (κ3) is 4.74. The summed E-state index contributed by atoms with van der Waals surface area (Å²) >= 11 is 1.24. The monoisotopic (exact) mass is 501 g/mol. The van der Waals surface area contributed by atoms with E-state index in [1.54, 1.807) is 25.2 Å². The lowest BCUT2D eigenvalue weighted by atomic mass is 10.1. The van der Waals surface area contributed by atoms with Crippen molar-refractivity contribution in [3.05, 3.63) is 42.0 Å². The normalized spacial score (nSPS) is 18.7. The minimum Gasteiger partial charge on any atom is -0.389 e. The Morgan fingerprint density at radius 3 is 2.62 bits per heavy atom. The summed E-state index contributed by atoms with van der Waals surface area (Å²) in [7, 11) is -1.56. The molecular formula is C22H23N5O5S2. The van der Waals surface area contributed by atoms with Crippen LogP contribution < -0.4 is 10.6 Å². The van der Waals surface area contributed by atoms with Crippen LogP contribution in [0.2, 0.25) is 0 Å². The van der Waals surface area contributed by atoms with Gasteiger partial charge in [-0.05, 0) is 37.1 Å². The lowest BCUT2D eigenvalue weighted by Crippen LogP contribution is -2.25. The molecule has 1 aliphatic heterocycles. The van der Waals surface area contributed by atoms with Gasteiger partial charge in [0, 0.05) is 19.0 Å². The number of hydrogen-bond acceptors (Lipinski definition) is 10. The van der Waals surface area contributed by atoms with Crippen molar-refractivity contribution in [3.63, 3.8) is 0 Å². The number of rotatable bonds is 8. The van der Waals surface area contributed by atoms with Gasteiger partial charge in [0.2, 0.25) is 0 Å². The highest BCUT2D eigenvalue weighted by atomic mass is 32.2. The number of fused-ring (bicyclic) bond motifs is 1. The maximum Gasteiger partial charge on any atom is 0.280 e. The van der Waals surface area contributed by atoms with Crippen molar-refractivity contribution < 1.29 is 22.8 Å². The quantitative estimate of drug-likeness (QED) is 0.356. The van der Waals surface area contributed by atoms with Gasteiger partial charge >= 0.3 is 0 Å². The molecule has 1 atom stereocenters. The Balaban J connectivity index is 1.41. The van der Waals surface area contributed by atoms with E-state index in [1.807, 2.05) is 6.07 Å². The summed E-state index contributed by atoms with van der Waals surface area (Å²) in [4.78, 5) is 28.5. The standard InChI is InChI=1S/C22H23N5O5S2/c1-23-18-9-8-17-21(25-18)33-22(24-17)26-20(28)19(27-32-14-10-11-31-12-14)13-2-4-15(5-3-13)34(29,30)16-6-7-16/h2-5,8-9,14,16H,6-7,10-12H2,1H3,(H,23,25)(H,24,26,28)/b27-19+/t14-/m1/s1. The molecule has 5 rings (SSSR count). The molecule has 2 N–H and O–H groups in total. The van der Waals surface area contributed by atoms with Gasteiger partial charge in [-0.25, -0.2) is 18.4 Å². The molecule has 1 aliphatic carbocycles. The number of sulfone groups is 1. The number of aromatic nitrogens is 2. The summed E-state index contributed by atoms with van der Waals surface area (Å²) < 4.78 is 30.3. The summed E-state index contributed by atoms with van der Waals surface area (Å²) in [5, 5.41) is 9.91. The maximum absolute atomic E-state index is 13.2. The van der Waals surface area contributed by atoms with Gasteiger partial charge in [0.05, 0.1) is 23.4 Å². The SMILES string of the molecule is CNc1ccc2nc(NC(=O)/C(=N/O[C@@H]3CCOC3)c3ccc(S(=O)(=O)C4CC4)cc3)sc2n1. The van der Waals surface area contributed by atoms with Crippen LogP contribution in [0.15, 0.2) is 46.4 Å². The number of anilines is 2. The fourth-order valence-electron chi connectivity index (χ4n) is 3.49. The van der Waals surface area contributed by atoms with Gasteiger partial charge in [0.1, 0.15) is 16.2 Å². The van der Waals surface area contributed by atoms with E-state index in [4.69, 9.17) is 9.57 Å². The molecule has 3 aromatic rings. The molecule has 1 aromatic carbocycles. The summed E-state index contributed by atoms with van der Waals surface area (Å²) in [5.74, 6) is 0.175. The molecule has 1 saturated heterocycles. The molecule has 178 valence electrons. The van der Waals surface area contributed by atoms with E-state index < -0.39 is 15.7 Å². The molecular weight excluding hydrogens is 478 g/mol. The van der Waals surface area contributed by atoms with Gasteiger partial charge < -0.3 is 14.9 Å². The number of carbonyl (C=O) groups is 1. The van der Waals surface area contributed by atoms with Gasteiger partial charge in [-0.2, -0.15) is 0 Å². The first-order valence-electron chi connectivity index (χ1n) is 10.9. The summed E-state index contributed by atoms with van der Waals surface area (Å²) in [5.41, 5.74) is 1.11. The minimum atomic E-state index is -3.33. The van der Waals surface area contributed by atoms with Crippen molar-refractivity contribution in [2.75, 3.05) is 30.9 Å². The van der Waals surface area contributed by atoms with Crippen LogP contribution in [0, 0.1) is 0 Å². The Bertz CT molecular complexity index is 1340. The average molecular weight is 502 g/mol. The van der Waals surface area contributed by atoms with Crippen LogP contribution in [0.4, 0.5) is 10.9 Å². The highest BCUT2D eigenvalue weighted by molar-refractivity contribution is 7.92. The zero-order chi connectivity index (χ0) is 23.7. The molecule has 0 spiro atoms. The molecule has 3 heterocycles. The molecule has 12 heteroatoms. The van der Waals surface area contributed by atoms with Gasteiger partial charge in [0.25, 0.3) is 5.91 Å². The number of nitrogens with zero attached hydrogens (tertiary/aromatic N) is 3. The average Bonchev–Trinajstić information content (AvgIpc) is 3.44. The lowest BCUT2D eigenvalue weighted by molar-refractivity contribution is -0.110. The van der Waals surface area contributed by atoms with Crippen molar-refractivity contribution in [3.8, 4) is 0 Å². The Labute approximate surface area is 200 Å². The maximum atomic E-state index is 13.2. The van der Waals surface area contributed by atoms with E-state index in [0.29, 0.717) is 59.3 Å². The van der Waals surface area contributed by atoms with E-state index in [2.05, 4.69) is 25.8 Å². The third-order valence-corrected chi connectivity index (χ3v) is 8.71. The first-order valence-corrected chi connectivity index (χ1v) is 13.2. The Hall–Kier alpha value is -3.09. The fraction of sp³-hybridized carbons (Fsp3) is 0.364.